The number of β-amino-alcohol motifs (C(OH)–C–C–N with tert-alkyl or cyclic N) is 1. The lowest BCUT2D eigenvalue weighted by molar-refractivity contribution is -0.0587. The quantitative estimate of drug-likeness (QED) is 0.406. The molecular formula is C30H43N3O5. The van der Waals surface area contributed by atoms with E-state index in [1.54, 1.807) is 12.0 Å². The van der Waals surface area contributed by atoms with Crippen LogP contribution in [-0.4, -0.2) is 78.1 Å². The molecule has 2 amide bonds. The Kier molecular flexibility index (Phi) is 9.65. The van der Waals surface area contributed by atoms with Crippen LogP contribution in [0.15, 0.2) is 48.5 Å². The summed E-state index contributed by atoms with van der Waals surface area (Å²) in [6, 6.07) is 15.2. The van der Waals surface area contributed by atoms with Crippen molar-refractivity contribution < 1.29 is 24.5 Å². The molecule has 2 aromatic rings. The molecule has 4 atom stereocenters. The van der Waals surface area contributed by atoms with Gasteiger partial charge in [-0.3, -0.25) is 0 Å². The lowest BCUT2D eigenvalue weighted by Gasteiger charge is -2.44. The summed E-state index contributed by atoms with van der Waals surface area (Å²) in [5.41, 5.74) is 6.63. The summed E-state index contributed by atoms with van der Waals surface area (Å²) in [5.74, 6) is 1.25. The summed E-state index contributed by atoms with van der Waals surface area (Å²) in [5, 5.41) is 22.6. The van der Waals surface area contributed by atoms with Crippen molar-refractivity contribution in [1.82, 2.24) is 9.80 Å². The average Bonchev–Trinajstić information content (AvgIpc) is 3.29. The molecule has 2 saturated heterocycles. The van der Waals surface area contributed by atoms with E-state index in [2.05, 4.69) is 13.0 Å². The molecule has 2 aliphatic rings. The van der Waals surface area contributed by atoms with Crippen molar-refractivity contribution in [1.29, 1.82) is 0 Å². The summed E-state index contributed by atoms with van der Waals surface area (Å²) < 4.78 is 11.7. The van der Waals surface area contributed by atoms with Gasteiger partial charge in [-0.15, -0.1) is 0 Å². The van der Waals surface area contributed by atoms with E-state index < -0.39 is 17.7 Å². The molecule has 4 N–H and O–H groups in total. The zero-order valence-corrected chi connectivity index (χ0v) is 22.7. The van der Waals surface area contributed by atoms with E-state index in [4.69, 9.17) is 15.2 Å². The van der Waals surface area contributed by atoms with E-state index in [1.165, 1.54) is 0 Å². The Morgan fingerprint density at radius 2 is 1.79 bits per heavy atom. The molecule has 8 nitrogen and oxygen atoms in total. The topological polar surface area (TPSA) is 108 Å². The minimum atomic E-state index is -1.19. The molecule has 0 spiro atoms. The molecule has 38 heavy (non-hydrogen) atoms. The van der Waals surface area contributed by atoms with E-state index >= 15 is 0 Å². The number of nitrogens with two attached hydrogens (primary N) is 1. The summed E-state index contributed by atoms with van der Waals surface area (Å²) in [4.78, 5) is 16.8. The highest BCUT2D eigenvalue weighted by Crippen LogP contribution is 2.44. The van der Waals surface area contributed by atoms with Gasteiger partial charge in [-0.1, -0.05) is 43.3 Å². The second-order valence-electron chi connectivity index (χ2n) is 10.6. The largest absolute Gasteiger partial charge is 0.457 e. The van der Waals surface area contributed by atoms with Crippen molar-refractivity contribution in [2.75, 3.05) is 39.9 Å². The van der Waals surface area contributed by atoms with E-state index in [9.17, 15) is 15.0 Å². The minimum absolute atomic E-state index is 0.121. The van der Waals surface area contributed by atoms with Crippen LogP contribution in [0.25, 0.3) is 0 Å². The number of urea groups is 1. The number of hydrogen-bond donors (Lipinski definition) is 3. The van der Waals surface area contributed by atoms with Crippen LogP contribution in [0.5, 0.6) is 11.5 Å². The summed E-state index contributed by atoms with van der Waals surface area (Å²) in [6.45, 7) is 4.37. The van der Waals surface area contributed by atoms with E-state index in [0.29, 0.717) is 38.4 Å². The van der Waals surface area contributed by atoms with Crippen LogP contribution in [-0.2, 0) is 16.8 Å². The fraction of sp³-hybridized carbons (Fsp3) is 0.567. The number of para-hydroxylation sites is 2. The van der Waals surface area contributed by atoms with Gasteiger partial charge < -0.3 is 35.2 Å². The standard InChI is InChI=1S/C30H43N3O5/c1-3-22-11-4-6-14-27(22)38-28-15-7-5-13-24(28)30(36,16-8-9-18-37-2)23-12-10-17-32(19-23)29(35)33-20-25(31)26(34)21-33/h4-7,11,13-15,23,25-26,34,36H,3,8-10,12,16-21,31H2,1-2H3. The molecule has 2 fully saturated rings. The maximum Gasteiger partial charge on any atom is 0.320 e. The van der Waals surface area contributed by atoms with E-state index in [-0.39, 0.29) is 18.5 Å². The van der Waals surface area contributed by atoms with Gasteiger partial charge in [-0.2, -0.15) is 0 Å². The molecule has 0 bridgehead atoms. The Balaban J connectivity index is 1.62. The van der Waals surface area contributed by atoms with E-state index in [0.717, 1.165) is 49.0 Å². The van der Waals surface area contributed by atoms with Crippen LogP contribution in [0.2, 0.25) is 0 Å². The number of amides is 2. The van der Waals surface area contributed by atoms with Gasteiger partial charge >= 0.3 is 6.03 Å². The number of hydrogen-bond acceptors (Lipinski definition) is 6. The number of aryl methyl sites for hydroxylation is 1. The lowest BCUT2D eigenvalue weighted by Crippen LogP contribution is -2.51. The van der Waals surface area contributed by atoms with Crippen molar-refractivity contribution in [3.63, 3.8) is 0 Å². The number of nitrogens with zero attached hydrogens (tertiary/aromatic N) is 2. The predicted octanol–water partition coefficient (Wildman–Crippen LogP) is 3.88. The number of piperidine rings is 1. The molecule has 0 aromatic heterocycles. The van der Waals surface area contributed by atoms with Gasteiger partial charge in [0, 0.05) is 57.4 Å². The van der Waals surface area contributed by atoms with Gasteiger partial charge in [0.2, 0.25) is 0 Å². The average molecular weight is 526 g/mol. The van der Waals surface area contributed by atoms with Crippen molar-refractivity contribution in [3.05, 3.63) is 59.7 Å². The highest BCUT2D eigenvalue weighted by atomic mass is 16.5. The zero-order valence-electron chi connectivity index (χ0n) is 22.7. The summed E-state index contributed by atoms with van der Waals surface area (Å²) >= 11 is 0. The second kappa shape index (κ2) is 12.9. The Bertz CT molecular complexity index is 1060. The predicted molar refractivity (Wildman–Crippen MR) is 147 cm³/mol. The fourth-order valence-electron chi connectivity index (χ4n) is 5.84. The van der Waals surface area contributed by atoms with Gasteiger partial charge in [0.1, 0.15) is 11.5 Å². The van der Waals surface area contributed by atoms with Gasteiger partial charge in [0.15, 0.2) is 0 Å². The zero-order chi connectivity index (χ0) is 27.1. The Morgan fingerprint density at radius 1 is 1.05 bits per heavy atom. The normalized spacial score (nSPS) is 23.3. The monoisotopic (exact) mass is 525 g/mol. The third-order valence-corrected chi connectivity index (χ3v) is 8.05. The molecule has 2 aromatic carbocycles. The molecular weight excluding hydrogens is 482 g/mol. The molecule has 0 aliphatic carbocycles. The Hall–Kier alpha value is -2.65. The van der Waals surface area contributed by atoms with Crippen LogP contribution in [0.1, 0.15) is 50.2 Å². The summed E-state index contributed by atoms with van der Waals surface area (Å²) in [7, 11) is 1.69. The second-order valence-corrected chi connectivity index (χ2v) is 10.6. The fourth-order valence-corrected chi connectivity index (χ4v) is 5.84. The molecule has 4 rings (SSSR count). The van der Waals surface area contributed by atoms with Crippen LogP contribution >= 0.6 is 0 Å². The highest BCUT2D eigenvalue weighted by molar-refractivity contribution is 5.75. The van der Waals surface area contributed by atoms with Gasteiger partial charge in [-0.25, -0.2) is 4.79 Å². The van der Waals surface area contributed by atoms with Gasteiger partial charge in [0.05, 0.1) is 11.7 Å². The highest BCUT2D eigenvalue weighted by Gasteiger charge is 2.44. The first kappa shape index (κ1) is 28.4. The number of unbranched alkanes of at least 4 members (excludes halogenated alkanes) is 1. The molecule has 0 saturated carbocycles. The van der Waals surface area contributed by atoms with Gasteiger partial charge in [0.25, 0.3) is 0 Å². The first-order valence-corrected chi connectivity index (χ1v) is 13.9. The number of carbonyl (C=O) groups excluding carboxylic acids is 1. The van der Waals surface area contributed by atoms with Crippen LogP contribution in [0.3, 0.4) is 0 Å². The first-order chi connectivity index (χ1) is 18.4. The Morgan fingerprint density at radius 3 is 2.50 bits per heavy atom. The first-order valence-electron chi connectivity index (χ1n) is 13.9. The van der Waals surface area contributed by atoms with Crippen molar-refractivity contribution in [3.8, 4) is 11.5 Å². The van der Waals surface area contributed by atoms with Crippen LogP contribution in [0, 0.1) is 5.92 Å². The lowest BCUT2D eigenvalue weighted by atomic mass is 9.73. The minimum Gasteiger partial charge on any atom is -0.457 e. The number of rotatable bonds is 10. The number of likely N-dealkylation sites (tertiary alicyclic amines) is 2. The summed E-state index contributed by atoms with van der Waals surface area (Å²) in [6.07, 6.45) is 3.88. The number of methoxy groups -OCH3 is 1. The number of aliphatic hydroxyl groups excluding tert-OH is 1. The van der Waals surface area contributed by atoms with Crippen molar-refractivity contribution in [2.45, 2.75) is 63.2 Å². The molecule has 0 radical (unpaired) electrons. The number of aliphatic hydroxyl groups is 2. The molecule has 8 heteroatoms. The van der Waals surface area contributed by atoms with Crippen LogP contribution in [0.4, 0.5) is 4.79 Å². The smallest absolute Gasteiger partial charge is 0.320 e. The SMILES string of the molecule is CCc1ccccc1Oc1ccccc1C(O)(CCCCOC)C1CCCN(C(=O)N2CC(N)C(O)C2)C1. The van der Waals surface area contributed by atoms with Crippen molar-refractivity contribution >= 4 is 6.03 Å². The number of ether oxygens (including phenoxy) is 2. The number of benzene rings is 2. The third kappa shape index (κ3) is 6.31. The maximum atomic E-state index is 13.3. The van der Waals surface area contributed by atoms with Crippen LogP contribution < -0.4 is 10.5 Å². The Labute approximate surface area is 226 Å². The molecule has 2 aliphatic heterocycles. The van der Waals surface area contributed by atoms with E-state index in [1.807, 2.05) is 47.4 Å². The molecule has 2 heterocycles. The molecule has 4 unspecified atom stereocenters. The molecule has 208 valence electrons. The number of carbonyl (C=O) groups is 1. The third-order valence-electron chi connectivity index (χ3n) is 8.05. The van der Waals surface area contributed by atoms with Gasteiger partial charge in [-0.05, 0) is 56.2 Å². The maximum absolute atomic E-state index is 13.3. The van der Waals surface area contributed by atoms with Crippen molar-refractivity contribution in [2.24, 2.45) is 11.7 Å².